The van der Waals surface area contributed by atoms with Gasteiger partial charge in [-0.05, 0) is 17.5 Å². The molecule has 19 heavy (non-hydrogen) atoms. The molecule has 1 amide bonds. The Morgan fingerprint density at radius 3 is 3.00 bits per heavy atom. The van der Waals surface area contributed by atoms with Crippen LogP contribution in [-0.4, -0.2) is 12.5 Å². The molecule has 0 saturated heterocycles. The first-order valence-corrected chi connectivity index (χ1v) is 6.95. The van der Waals surface area contributed by atoms with Gasteiger partial charge in [0, 0.05) is 10.4 Å². The molecule has 0 saturated carbocycles. The molecule has 1 aliphatic heterocycles. The van der Waals surface area contributed by atoms with Crippen molar-refractivity contribution in [2.75, 3.05) is 6.61 Å². The lowest BCUT2D eigenvalue weighted by atomic mass is 10.1. The van der Waals surface area contributed by atoms with E-state index in [0.717, 1.165) is 16.2 Å². The quantitative estimate of drug-likeness (QED) is 0.899. The summed E-state index contributed by atoms with van der Waals surface area (Å²) in [4.78, 5) is 13.0. The van der Waals surface area contributed by atoms with Crippen LogP contribution >= 0.6 is 11.3 Å². The van der Waals surface area contributed by atoms with Gasteiger partial charge in [-0.1, -0.05) is 24.3 Å². The zero-order valence-electron chi connectivity index (χ0n) is 10.2. The molecule has 1 aliphatic rings. The number of hydrogen-bond acceptors (Lipinski definition) is 4. The Balaban J connectivity index is 1.71. The second-order valence-electron chi connectivity index (χ2n) is 4.40. The molecule has 2 aromatic rings. The Kier molecular flexibility index (Phi) is 3.23. The van der Waals surface area contributed by atoms with E-state index in [1.807, 2.05) is 41.8 Å². The number of amides is 1. The van der Waals surface area contributed by atoms with Gasteiger partial charge in [-0.15, -0.1) is 11.3 Å². The first-order chi connectivity index (χ1) is 9.25. The van der Waals surface area contributed by atoms with Gasteiger partial charge in [0.2, 0.25) is 5.91 Å². The molecule has 0 bridgehead atoms. The molecular weight excluding hydrogens is 260 g/mol. The topological polar surface area (TPSA) is 64.4 Å². The number of carbonyl (C=O) groups is 1. The zero-order chi connectivity index (χ0) is 13.2. The SMILES string of the molecule is NC(C(=O)NC1COc2ccccc21)c1cccs1. The van der Waals surface area contributed by atoms with Crippen molar-refractivity contribution in [2.45, 2.75) is 12.1 Å². The van der Waals surface area contributed by atoms with E-state index >= 15 is 0 Å². The monoisotopic (exact) mass is 274 g/mol. The van der Waals surface area contributed by atoms with Crippen LogP contribution in [-0.2, 0) is 4.79 Å². The van der Waals surface area contributed by atoms with E-state index in [1.165, 1.54) is 11.3 Å². The molecule has 3 rings (SSSR count). The van der Waals surface area contributed by atoms with E-state index in [1.54, 1.807) is 0 Å². The molecule has 5 heteroatoms. The number of carbonyl (C=O) groups excluding carboxylic acids is 1. The number of nitrogens with two attached hydrogens (primary N) is 1. The number of benzene rings is 1. The summed E-state index contributed by atoms with van der Waals surface area (Å²) < 4.78 is 5.53. The van der Waals surface area contributed by atoms with Gasteiger partial charge in [-0.2, -0.15) is 0 Å². The first kappa shape index (κ1) is 12.2. The van der Waals surface area contributed by atoms with Crippen LogP contribution in [0.3, 0.4) is 0 Å². The third-order valence-electron chi connectivity index (χ3n) is 3.15. The summed E-state index contributed by atoms with van der Waals surface area (Å²) in [6, 6.07) is 10.7. The molecule has 0 radical (unpaired) electrons. The average Bonchev–Trinajstić information content (AvgIpc) is 3.08. The Hall–Kier alpha value is -1.85. The smallest absolute Gasteiger partial charge is 0.242 e. The molecule has 4 nitrogen and oxygen atoms in total. The molecule has 0 spiro atoms. The van der Waals surface area contributed by atoms with Gasteiger partial charge >= 0.3 is 0 Å². The second kappa shape index (κ2) is 5.03. The van der Waals surface area contributed by atoms with Crippen LogP contribution in [0.2, 0.25) is 0 Å². The van der Waals surface area contributed by atoms with E-state index in [0.29, 0.717) is 6.61 Å². The van der Waals surface area contributed by atoms with Gasteiger partial charge in [0.25, 0.3) is 0 Å². The fourth-order valence-electron chi connectivity index (χ4n) is 2.14. The maximum absolute atomic E-state index is 12.1. The first-order valence-electron chi connectivity index (χ1n) is 6.07. The molecule has 98 valence electrons. The molecule has 1 aromatic heterocycles. The zero-order valence-corrected chi connectivity index (χ0v) is 11.0. The van der Waals surface area contributed by atoms with Crippen LogP contribution in [0, 0.1) is 0 Å². The Labute approximate surface area is 115 Å². The van der Waals surface area contributed by atoms with E-state index in [2.05, 4.69) is 5.32 Å². The lowest BCUT2D eigenvalue weighted by Crippen LogP contribution is -2.36. The number of fused-ring (bicyclic) bond motifs is 1. The molecule has 1 aromatic carbocycles. The standard InChI is InChI=1S/C14H14N2O2S/c15-13(12-6-3-7-19-12)14(17)16-10-8-18-11-5-2-1-4-9(10)11/h1-7,10,13H,8,15H2,(H,16,17). The van der Waals surface area contributed by atoms with Crippen molar-refractivity contribution in [2.24, 2.45) is 5.73 Å². The molecular formula is C14H14N2O2S. The minimum Gasteiger partial charge on any atom is -0.491 e. The van der Waals surface area contributed by atoms with Crippen LogP contribution < -0.4 is 15.8 Å². The van der Waals surface area contributed by atoms with Gasteiger partial charge in [-0.3, -0.25) is 4.79 Å². The number of rotatable bonds is 3. The summed E-state index contributed by atoms with van der Waals surface area (Å²) in [5.74, 6) is 0.658. The van der Waals surface area contributed by atoms with Crippen molar-refractivity contribution >= 4 is 17.2 Å². The predicted octanol–water partition coefficient (Wildman–Crippen LogP) is 2.00. The minimum absolute atomic E-state index is 0.116. The number of nitrogens with one attached hydrogen (secondary N) is 1. The lowest BCUT2D eigenvalue weighted by Gasteiger charge is -2.15. The Bertz CT molecular complexity index is 583. The molecule has 2 atom stereocenters. The van der Waals surface area contributed by atoms with E-state index in [9.17, 15) is 4.79 Å². The molecule has 2 unspecified atom stereocenters. The normalized spacial score (nSPS) is 18.5. The fourth-order valence-corrected chi connectivity index (χ4v) is 2.87. The van der Waals surface area contributed by atoms with E-state index < -0.39 is 6.04 Å². The maximum Gasteiger partial charge on any atom is 0.242 e. The summed E-state index contributed by atoms with van der Waals surface area (Å²) in [6.07, 6.45) is 0. The number of para-hydroxylation sites is 1. The van der Waals surface area contributed by atoms with Crippen molar-refractivity contribution in [1.82, 2.24) is 5.32 Å². The van der Waals surface area contributed by atoms with Crippen LogP contribution in [0.15, 0.2) is 41.8 Å². The molecule has 2 heterocycles. The fraction of sp³-hybridized carbons (Fsp3) is 0.214. The van der Waals surface area contributed by atoms with E-state index in [-0.39, 0.29) is 11.9 Å². The predicted molar refractivity (Wildman–Crippen MR) is 74.1 cm³/mol. The number of hydrogen-bond donors (Lipinski definition) is 2. The summed E-state index contributed by atoms with van der Waals surface area (Å²) in [5.41, 5.74) is 6.95. The van der Waals surface area contributed by atoms with Crippen LogP contribution in [0.4, 0.5) is 0 Å². The van der Waals surface area contributed by atoms with Gasteiger partial charge in [0.15, 0.2) is 0 Å². The van der Waals surface area contributed by atoms with E-state index in [4.69, 9.17) is 10.5 Å². The summed E-state index contributed by atoms with van der Waals surface area (Å²) in [6.45, 7) is 0.461. The highest BCUT2D eigenvalue weighted by Gasteiger charge is 2.27. The minimum atomic E-state index is -0.618. The molecule has 0 aliphatic carbocycles. The third-order valence-corrected chi connectivity index (χ3v) is 4.10. The number of thiophene rings is 1. The largest absolute Gasteiger partial charge is 0.491 e. The highest BCUT2D eigenvalue weighted by Crippen LogP contribution is 2.32. The van der Waals surface area contributed by atoms with Crippen molar-refractivity contribution in [1.29, 1.82) is 0 Å². The van der Waals surface area contributed by atoms with Gasteiger partial charge in [0.1, 0.15) is 18.4 Å². The maximum atomic E-state index is 12.1. The van der Waals surface area contributed by atoms with Gasteiger partial charge < -0.3 is 15.8 Å². The highest BCUT2D eigenvalue weighted by atomic mass is 32.1. The Morgan fingerprint density at radius 2 is 2.21 bits per heavy atom. The Morgan fingerprint density at radius 1 is 1.37 bits per heavy atom. The molecule has 3 N–H and O–H groups in total. The summed E-state index contributed by atoms with van der Waals surface area (Å²) >= 11 is 1.49. The summed E-state index contributed by atoms with van der Waals surface area (Å²) in [5, 5.41) is 4.85. The van der Waals surface area contributed by atoms with Crippen LogP contribution in [0.1, 0.15) is 22.5 Å². The van der Waals surface area contributed by atoms with Crippen molar-refractivity contribution < 1.29 is 9.53 Å². The van der Waals surface area contributed by atoms with Gasteiger partial charge in [0.05, 0.1) is 6.04 Å². The number of ether oxygens (including phenoxy) is 1. The average molecular weight is 274 g/mol. The third kappa shape index (κ3) is 2.34. The second-order valence-corrected chi connectivity index (χ2v) is 5.38. The summed E-state index contributed by atoms with van der Waals surface area (Å²) in [7, 11) is 0. The highest BCUT2D eigenvalue weighted by molar-refractivity contribution is 7.10. The van der Waals surface area contributed by atoms with Crippen LogP contribution in [0.5, 0.6) is 5.75 Å². The van der Waals surface area contributed by atoms with Crippen molar-refractivity contribution in [3.8, 4) is 5.75 Å². The van der Waals surface area contributed by atoms with Crippen molar-refractivity contribution in [3.63, 3.8) is 0 Å². The van der Waals surface area contributed by atoms with Crippen molar-refractivity contribution in [3.05, 3.63) is 52.2 Å². The molecule has 0 fully saturated rings. The van der Waals surface area contributed by atoms with Gasteiger partial charge in [-0.25, -0.2) is 0 Å². The van der Waals surface area contributed by atoms with Crippen LogP contribution in [0.25, 0.3) is 0 Å². The lowest BCUT2D eigenvalue weighted by molar-refractivity contribution is -0.123.